The highest BCUT2D eigenvalue weighted by Gasteiger charge is 2.02. The first-order valence-electron chi connectivity index (χ1n) is 6.96. The number of rotatable bonds is 6. The van der Waals surface area contributed by atoms with Crippen LogP contribution in [0.2, 0.25) is 0 Å². The van der Waals surface area contributed by atoms with Crippen molar-refractivity contribution in [3.63, 3.8) is 0 Å². The molecule has 0 saturated carbocycles. The van der Waals surface area contributed by atoms with Crippen molar-refractivity contribution in [1.82, 2.24) is 5.32 Å². The second-order valence-electron chi connectivity index (χ2n) is 4.91. The monoisotopic (exact) mass is 346 g/mol. The Balaban J connectivity index is 1.70. The van der Waals surface area contributed by atoms with E-state index in [4.69, 9.17) is 0 Å². The summed E-state index contributed by atoms with van der Waals surface area (Å²) in [6.45, 7) is 3.22. The van der Waals surface area contributed by atoms with E-state index in [1.807, 2.05) is 36.4 Å². The summed E-state index contributed by atoms with van der Waals surface area (Å²) in [7, 11) is 0. The third-order valence-electron chi connectivity index (χ3n) is 3.25. The predicted molar refractivity (Wildman–Crippen MR) is 90.5 cm³/mol. The maximum Gasteiger partial charge on any atom is 0.238 e. The summed E-state index contributed by atoms with van der Waals surface area (Å²) in [5, 5.41) is 6.03. The first-order chi connectivity index (χ1) is 10.1. The molecular formula is C17H19BrN2O. The zero-order chi connectivity index (χ0) is 15.1. The molecule has 0 spiro atoms. The van der Waals surface area contributed by atoms with Crippen LogP contribution < -0.4 is 10.6 Å². The lowest BCUT2D eigenvalue weighted by Crippen LogP contribution is -2.29. The lowest BCUT2D eigenvalue weighted by molar-refractivity contribution is -0.115. The molecule has 0 radical (unpaired) electrons. The number of hydrogen-bond donors (Lipinski definition) is 2. The molecule has 0 aliphatic rings. The van der Waals surface area contributed by atoms with Crippen molar-refractivity contribution in [3.05, 3.63) is 64.1 Å². The largest absolute Gasteiger partial charge is 0.325 e. The number of aryl methyl sites for hydroxylation is 1. The highest BCUT2D eigenvalue weighted by molar-refractivity contribution is 9.10. The zero-order valence-corrected chi connectivity index (χ0v) is 13.6. The Morgan fingerprint density at radius 1 is 1.10 bits per heavy atom. The van der Waals surface area contributed by atoms with Gasteiger partial charge in [0.1, 0.15) is 0 Å². The minimum atomic E-state index is -0.0258. The Morgan fingerprint density at radius 3 is 2.52 bits per heavy atom. The highest BCUT2D eigenvalue weighted by atomic mass is 79.9. The summed E-state index contributed by atoms with van der Waals surface area (Å²) in [5.74, 6) is -0.0258. The van der Waals surface area contributed by atoms with Crippen molar-refractivity contribution in [1.29, 1.82) is 0 Å². The van der Waals surface area contributed by atoms with Crippen molar-refractivity contribution >= 4 is 27.5 Å². The number of amides is 1. The Bertz CT molecular complexity index is 596. The fraction of sp³-hybridized carbons (Fsp3) is 0.235. The normalized spacial score (nSPS) is 10.4. The van der Waals surface area contributed by atoms with Crippen LogP contribution in [0.3, 0.4) is 0 Å². The minimum absolute atomic E-state index is 0.0258. The SMILES string of the molecule is Cc1ccccc1CCNCC(=O)Nc1ccc(Br)cc1. The Hall–Kier alpha value is -1.65. The van der Waals surface area contributed by atoms with Crippen LogP contribution in [-0.2, 0) is 11.2 Å². The minimum Gasteiger partial charge on any atom is -0.325 e. The van der Waals surface area contributed by atoms with E-state index in [-0.39, 0.29) is 5.91 Å². The number of anilines is 1. The summed E-state index contributed by atoms with van der Waals surface area (Å²) in [6, 6.07) is 15.9. The third kappa shape index (κ3) is 5.33. The van der Waals surface area contributed by atoms with Crippen LogP contribution in [0.1, 0.15) is 11.1 Å². The number of hydrogen-bond acceptors (Lipinski definition) is 2. The first kappa shape index (κ1) is 15.7. The Labute approximate surface area is 133 Å². The van der Waals surface area contributed by atoms with Crippen LogP contribution >= 0.6 is 15.9 Å². The predicted octanol–water partition coefficient (Wildman–Crippen LogP) is 3.53. The standard InChI is InChI=1S/C17H19BrN2O/c1-13-4-2-3-5-14(13)10-11-19-12-17(21)20-16-8-6-15(18)7-9-16/h2-9,19H,10-12H2,1H3,(H,20,21). The van der Waals surface area contributed by atoms with Crippen molar-refractivity contribution in [2.24, 2.45) is 0 Å². The van der Waals surface area contributed by atoms with Crippen molar-refractivity contribution in [2.45, 2.75) is 13.3 Å². The quantitative estimate of drug-likeness (QED) is 0.785. The van der Waals surface area contributed by atoms with Gasteiger partial charge in [-0.15, -0.1) is 0 Å². The summed E-state index contributed by atoms with van der Waals surface area (Å²) < 4.78 is 0.997. The lowest BCUT2D eigenvalue weighted by atomic mass is 10.1. The molecule has 0 atom stereocenters. The Kier molecular flexibility index (Phi) is 5.96. The second kappa shape index (κ2) is 7.96. The van der Waals surface area contributed by atoms with Crippen LogP contribution in [0, 0.1) is 6.92 Å². The van der Waals surface area contributed by atoms with Gasteiger partial charge in [0.05, 0.1) is 6.54 Å². The van der Waals surface area contributed by atoms with Crippen LogP contribution in [-0.4, -0.2) is 19.0 Å². The molecule has 4 heteroatoms. The van der Waals surface area contributed by atoms with Gasteiger partial charge >= 0.3 is 0 Å². The van der Waals surface area contributed by atoms with E-state index in [0.717, 1.165) is 23.1 Å². The fourth-order valence-corrected chi connectivity index (χ4v) is 2.32. The first-order valence-corrected chi connectivity index (χ1v) is 7.75. The summed E-state index contributed by atoms with van der Waals surface area (Å²) in [6.07, 6.45) is 0.929. The van der Waals surface area contributed by atoms with Gasteiger partial charge in [0.15, 0.2) is 0 Å². The molecule has 0 aliphatic carbocycles. The molecule has 2 rings (SSSR count). The smallest absolute Gasteiger partial charge is 0.238 e. The molecule has 2 N–H and O–H groups in total. The molecule has 0 fully saturated rings. The maximum atomic E-state index is 11.8. The number of carbonyl (C=O) groups is 1. The molecule has 2 aromatic rings. The van der Waals surface area contributed by atoms with Crippen LogP contribution in [0.4, 0.5) is 5.69 Å². The summed E-state index contributed by atoms with van der Waals surface area (Å²) >= 11 is 3.37. The van der Waals surface area contributed by atoms with Gasteiger partial charge in [-0.25, -0.2) is 0 Å². The van der Waals surface area contributed by atoms with E-state index in [1.54, 1.807) is 0 Å². The second-order valence-corrected chi connectivity index (χ2v) is 5.82. The van der Waals surface area contributed by atoms with Gasteiger partial charge in [-0.2, -0.15) is 0 Å². The lowest BCUT2D eigenvalue weighted by Gasteiger charge is -2.08. The van der Waals surface area contributed by atoms with E-state index in [9.17, 15) is 4.79 Å². The maximum absolute atomic E-state index is 11.8. The molecule has 0 unspecified atom stereocenters. The molecule has 110 valence electrons. The van der Waals surface area contributed by atoms with Gasteiger partial charge in [-0.3, -0.25) is 4.79 Å². The molecule has 0 heterocycles. The van der Waals surface area contributed by atoms with Gasteiger partial charge in [-0.05, 0) is 55.3 Å². The van der Waals surface area contributed by atoms with Crippen LogP contribution in [0.15, 0.2) is 53.0 Å². The van der Waals surface area contributed by atoms with Crippen molar-refractivity contribution < 1.29 is 4.79 Å². The van der Waals surface area contributed by atoms with Gasteiger partial charge in [0, 0.05) is 10.2 Å². The average Bonchev–Trinajstić information content (AvgIpc) is 2.48. The fourth-order valence-electron chi connectivity index (χ4n) is 2.05. The molecule has 1 amide bonds. The molecule has 3 nitrogen and oxygen atoms in total. The third-order valence-corrected chi connectivity index (χ3v) is 3.77. The van der Waals surface area contributed by atoms with Gasteiger partial charge in [0.25, 0.3) is 0 Å². The van der Waals surface area contributed by atoms with E-state index in [0.29, 0.717) is 6.54 Å². The molecule has 0 aromatic heterocycles. The average molecular weight is 347 g/mol. The summed E-state index contributed by atoms with van der Waals surface area (Å²) in [5.41, 5.74) is 3.42. The molecule has 2 aromatic carbocycles. The number of carbonyl (C=O) groups excluding carboxylic acids is 1. The number of benzene rings is 2. The van der Waals surface area contributed by atoms with Crippen LogP contribution in [0.5, 0.6) is 0 Å². The molecule has 0 bridgehead atoms. The molecule has 21 heavy (non-hydrogen) atoms. The Morgan fingerprint density at radius 2 is 1.81 bits per heavy atom. The van der Waals surface area contributed by atoms with Gasteiger partial charge in [0.2, 0.25) is 5.91 Å². The number of halogens is 1. The molecular weight excluding hydrogens is 328 g/mol. The van der Waals surface area contributed by atoms with Gasteiger partial charge in [-0.1, -0.05) is 40.2 Å². The van der Waals surface area contributed by atoms with E-state index in [1.165, 1.54) is 11.1 Å². The van der Waals surface area contributed by atoms with Crippen LogP contribution in [0.25, 0.3) is 0 Å². The van der Waals surface area contributed by atoms with E-state index in [2.05, 4.69) is 45.6 Å². The summed E-state index contributed by atoms with van der Waals surface area (Å²) in [4.78, 5) is 11.8. The topological polar surface area (TPSA) is 41.1 Å². The number of nitrogens with one attached hydrogen (secondary N) is 2. The van der Waals surface area contributed by atoms with E-state index >= 15 is 0 Å². The molecule has 0 aliphatic heterocycles. The highest BCUT2D eigenvalue weighted by Crippen LogP contribution is 2.13. The van der Waals surface area contributed by atoms with Gasteiger partial charge < -0.3 is 10.6 Å². The zero-order valence-electron chi connectivity index (χ0n) is 12.0. The van der Waals surface area contributed by atoms with E-state index < -0.39 is 0 Å². The van der Waals surface area contributed by atoms with Crippen molar-refractivity contribution in [3.8, 4) is 0 Å². The van der Waals surface area contributed by atoms with Crippen molar-refractivity contribution in [2.75, 3.05) is 18.4 Å². The molecule has 0 saturated heterocycles.